The van der Waals surface area contributed by atoms with E-state index in [2.05, 4.69) is 0 Å². The SMILES string of the molecule is Fc1cc(F)cc(P(CC23CCC(CC2)C3)c2cc(F)cc(F)c2)c1. The highest BCUT2D eigenvalue weighted by Gasteiger charge is 2.46. The van der Waals surface area contributed by atoms with Crippen LogP contribution in [0, 0.1) is 34.6 Å². The van der Waals surface area contributed by atoms with Crippen molar-refractivity contribution >= 4 is 18.5 Å². The van der Waals surface area contributed by atoms with Crippen molar-refractivity contribution < 1.29 is 17.6 Å². The number of hydrogen-bond donors (Lipinski definition) is 0. The van der Waals surface area contributed by atoms with E-state index in [0.717, 1.165) is 43.5 Å². The number of rotatable bonds is 4. The van der Waals surface area contributed by atoms with Gasteiger partial charge in [-0.25, -0.2) is 17.6 Å². The fraction of sp³-hybridized carbons (Fsp3) is 0.400. The molecule has 2 aromatic carbocycles. The van der Waals surface area contributed by atoms with Crippen molar-refractivity contribution in [1.82, 2.24) is 0 Å². The Morgan fingerprint density at radius 2 is 1.20 bits per heavy atom. The van der Waals surface area contributed by atoms with Gasteiger partial charge in [-0.1, -0.05) is 0 Å². The molecule has 0 aromatic heterocycles. The lowest BCUT2D eigenvalue weighted by Gasteiger charge is -2.32. The molecule has 0 atom stereocenters. The second-order valence-corrected chi connectivity index (χ2v) is 9.69. The number of halogens is 4. The van der Waals surface area contributed by atoms with Crippen molar-refractivity contribution in [1.29, 1.82) is 0 Å². The molecule has 132 valence electrons. The highest BCUT2D eigenvalue weighted by molar-refractivity contribution is 7.73. The van der Waals surface area contributed by atoms with Gasteiger partial charge in [0, 0.05) is 12.1 Å². The van der Waals surface area contributed by atoms with Crippen LogP contribution in [0.25, 0.3) is 0 Å². The fourth-order valence-corrected chi connectivity index (χ4v) is 7.49. The first-order valence-electron chi connectivity index (χ1n) is 8.62. The molecule has 0 radical (unpaired) electrons. The van der Waals surface area contributed by atoms with E-state index < -0.39 is 31.2 Å². The maximum atomic E-state index is 13.8. The molecular weight excluding hydrogens is 347 g/mol. The lowest BCUT2D eigenvalue weighted by Crippen LogP contribution is -2.26. The van der Waals surface area contributed by atoms with Gasteiger partial charge in [0.25, 0.3) is 0 Å². The van der Waals surface area contributed by atoms with Crippen LogP contribution in [0.4, 0.5) is 17.6 Å². The van der Waals surface area contributed by atoms with E-state index in [-0.39, 0.29) is 5.41 Å². The van der Waals surface area contributed by atoms with Gasteiger partial charge in [0.15, 0.2) is 0 Å². The van der Waals surface area contributed by atoms with Crippen LogP contribution in [0.5, 0.6) is 0 Å². The van der Waals surface area contributed by atoms with E-state index in [0.29, 0.717) is 10.6 Å². The third-order valence-corrected chi connectivity index (χ3v) is 8.45. The largest absolute Gasteiger partial charge is 0.207 e. The summed E-state index contributed by atoms with van der Waals surface area (Å²) in [6, 6.07) is 6.93. The smallest absolute Gasteiger partial charge is 0.126 e. The Morgan fingerprint density at radius 1 is 0.760 bits per heavy atom. The van der Waals surface area contributed by atoms with Crippen LogP contribution in [0.15, 0.2) is 36.4 Å². The Balaban J connectivity index is 1.77. The quantitative estimate of drug-likeness (QED) is 0.512. The van der Waals surface area contributed by atoms with Crippen LogP contribution >= 0.6 is 7.92 Å². The average Bonchev–Trinajstić information content (AvgIpc) is 3.11. The molecular formula is C20H19F4P. The molecule has 0 spiro atoms. The molecule has 2 saturated carbocycles. The fourth-order valence-electron chi connectivity index (χ4n) is 4.59. The van der Waals surface area contributed by atoms with Crippen molar-refractivity contribution in [3.63, 3.8) is 0 Å². The van der Waals surface area contributed by atoms with Gasteiger partial charge >= 0.3 is 0 Å². The lowest BCUT2D eigenvalue weighted by molar-refractivity contribution is 0.339. The van der Waals surface area contributed by atoms with Crippen LogP contribution in [0.1, 0.15) is 32.1 Å². The Hall–Kier alpha value is -1.41. The van der Waals surface area contributed by atoms with E-state index in [1.807, 2.05) is 0 Å². The van der Waals surface area contributed by atoms with Crippen LogP contribution < -0.4 is 10.6 Å². The predicted octanol–water partition coefficient (Wildman–Crippen LogP) is 5.26. The molecule has 0 amide bonds. The Labute approximate surface area is 146 Å². The maximum absolute atomic E-state index is 13.8. The molecule has 0 saturated heterocycles. The second kappa shape index (κ2) is 6.39. The zero-order valence-electron chi connectivity index (χ0n) is 13.7. The van der Waals surface area contributed by atoms with Crippen molar-refractivity contribution in [3.05, 3.63) is 59.7 Å². The average molecular weight is 366 g/mol. The predicted molar refractivity (Wildman–Crippen MR) is 92.8 cm³/mol. The standard InChI is InChI=1S/C20H19F4P/c21-14-5-15(22)8-18(7-14)25(19-9-16(23)6-17(24)10-19)12-20-3-1-13(11-20)2-4-20/h5-10,13H,1-4,11-12H2. The minimum Gasteiger partial charge on any atom is -0.207 e. The van der Waals surface area contributed by atoms with Gasteiger partial charge in [-0.15, -0.1) is 0 Å². The molecule has 2 aliphatic carbocycles. The van der Waals surface area contributed by atoms with Crippen LogP contribution in [0.3, 0.4) is 0 Å². The summed E-state index contributed by atoms with van der Waals surface area (Å²) in [6.45, 7) is 0. The molecule has 2 bridgehead atoms. The maximum Gasteiger partial charge on any atom is 0.126 e. The monoisotopic (exact) mass is 366 g/mol. The third-order valence-electron chi connectivity index (χ3n) is 5.70. The molecule has 0 N–H and O–H groups in total. The van der Waals surface area contributed by atoms with E-state index >= 15 is 0 Å². The van der Waals surface area contributed by atoms with Gasteiger partial charge in [0.1, 0.15) is 23.3 Å². The number of hydrogen-bond acceptors (Lipinski definition) is 0. The third kappa shape index (κ3) is 3.46. The summed E-state index contributed by atoms with van der Waals surface area (Å²) in [5.74, 6) is -1.84. The van der Waals surface area contributed by atoms with Gasteiger partial charge in [-0.3, -0.25) is 0 Å². The van der Waals surface area contributed by atoms with Gasteiger partial charge in [-0.2, -0.15) is 0 Å². The first-order chi connectivity index (χ1) is 11.9. The minimum atomic E-state index is -1.21. The molecule has 2 fully saturated rings. The van der Waals surface area contributed by atoms with Crippen molar-refractivity contribution in [2.45, 2.75) is 32.1 Å². The summed E-state index contributed by atoms with van der Waals surface area (Å²) in [5, 5.41) is 1.03. The van der Waals surface area contributed by atoms with Crippen LogP contribution in [0.2, 0.25) is 0 Å². The number of benzene rings is 2. The summed E-state index contributed by atoms with van der Waals surface area (Å²) >= 11 is 0. The zero-order valence-corrected chi connectivity index (χ0v) is 14.6. The van der Waals surface area contributed by atoms with E-state index in [4.69, 9.17) is 0 Å². The van der Waals surface area contributed by atoms with Crippen molar-refractivity contribution in [3.8, 4) is 0 Å². The molecule has 0 nitrogen and oxygen atoms in total. The highest BCUT2D eigenvalue weighted by Crippen LogP contribution is 2.58. The normalized spacial score (nSPS) is 25.1. The Bertz CT molecular complexity index is 704. The summed E-state index contributed by atoms with van der Waals surface area (Å²) in [7, 11) is -1.21. The molecule has 5 heteroatoms. The van der Waals surface area contributed by atoms with Gasteiger partial charge in [-0.05, 0) is 92.4 Å². The van der Waals surface area contributed by atoms with Crippen LogP contribution in [-0.4, -0.2) is 6.16 Å². The van der Waals surface area contributed by atoms with Gasteiger partial charge in [0.2, 0.25) is 0 Å². The van der Waals surface area contributed by atoms with Crippen molar-refractivity contribution in [2.75, 3.05) is 6.16 Å². The van der Waals surface area contributed by atoms with Crippen molar-refractivity contribution in [2.24, 2.45) is 11.3 Å². The molecule has 0 aliphatic heterocycles. The Morgan fingerprint density at radius 3 is 1.56 bits per heavy atom. The van der Waals surface area contributed by atoms with E-state index in [9.17, 15) is 17.6 Å². The molecule has 2 aliphatic rings. The lowest BCUT2D eigenvalue weighted by atomic mass is 9.86. The molecule has 0 heterocycles. The Kier molecular flexibility index (Phi) is 4.35. The molecule has 4 rings (SSSR count). The summed E-state index contributed by atoms with van der Waals surface area (Å²) in [5.41, 5.74) is 0.155. The summed E-state index contributed by atoms with van der Waals surface area (Å²) in [4.78, 5) is 0. The molecule has 2 aromatic rings. The first-order valence-corrected chi connectivity index (χ1v) is 10.1. The van der Waals surface area contributed by atoms with E-state index in [1.54, 1.807) is 0 Å². The zero-order chi connectivity index (χ0) is 17.6. The van der Waals surface area contributed by atoms with Crippen LogP contribution in [-0.2, 0) is 0 Å². The van der Waals surface area contributed by atoms with Gasteiger partial charge < -0.3 is 0 Å². The second-order valence-electron chi connectivity index (χ2n) is 7.49. The van der Waals surface area contributed by atoms with E-state index in [1.165, 1.54) is 37.1 Å². The topological polar surface area (TPSA) is 0 Å². The minimum absolute atomic E-state index is 0.155. The van der Waals surface area contributed by atoms with Gasteiger partial charge in [0.05, 0.1) is 0 Å². The summed E-state index contributed by atoms with van der Waals surface area (Å²) < 4.78 is 55.1. The number of fused-ring (bicyclic) bond motifs is 2. The molecule has 25 heavy (non-hydrogen) atoms. The highest BCUT2D eigenvalue weighted by atomic mass is 31.1. The summed E-state index contributed by atoms with van der Waals surface area (Å²) in [6.07, 6.45) is 6.46. The molecule has 0 unspecified atom stereocenters. The first kappa shape index (κ1) is 17.0.